The van der Waals surface area contributed by atoms with Crippen molar-refractivity contribution in [1.29, 1.82) is 0 Å². The minimum atomic E-state index is -3.33. The Balaban J connectivity index is 1.70. The molecule has 7 heteroatoms. The number of aliphatic hydroxyl groups is 1. The SMILES string of the molecule is C[C@@H](CCCCc1ccccc1)[C@H](O)CC[C@H]1CC(F)(F)C(=O)N1CCCCCCC(=O)O. The summed E-state index contributed by atoms with van der Waals surface area (Å²) in [5.41, 5.74) is 1.31. The molecule has 0 bridgehead atoms. The van der Waals surface area contributed by atoms with E-state index in [0.717, 1.165) is 25.7 Å². The van der Waals surface area contributed by atoms with E-state index in [-0.39, 0.29) is 18.9 Å². The summed E-state index contributed by atoms with van der Waals surface area (Å²) in [6.07, 6.45) is 6.31. The summed E-state index contributed by atoms with van der Waals surface area (Å²) in [7, 11) is 0. The molecule has 1 aromatic rings. The van der Waals surface area contributed by atoms with Crippen molar-refractivity contribution in [3.63, 3.8) is 0 Å². The van der Waals surface area contributed by atoms with E-state index < -0.39 is 36.4 Å². The first kappa shape index (κ1) is 27.2. The number of unbranched alkanes of at least 4 members (excludes halogenated alkanes) is 4. The summed E-state index contributed by atoms with van der Waals surface area (Å²) < 4.78 is 28.1. The number of hydrogen-bond acceptors (Lipinski definition) is 3. The number of benzene rings is 1. The minimum absolute atomic E-state index is 0.0843. The van der Waals surface area contributed by atoms with Crippen LogP contribution in [0.2, 0.25) is 0 Å². The normalized spacial score (nSPS) is 19.6. The Morgan fingerprint density at radius 3 is 2.48 bits per heavy atom. The van der Waals surface area contributed by atoms with Gasteiger partial charge in [0, 0.05) is 25.4 Å². The van der Waals surface area contributed by atoms with Crippen LogP contribution in [0.4, 0.5) is 8.78 Å². The zero-order chi connectivity index (χ0) is 24.3. The van der Waals surface area contributed by atoms with Crippen LogP contribution < -0.4 is 0 Å². The quantitative estimate of drug-likeness (QED) is 0.317. The van der Waals surface area contributed by atoms with Gasteiger partial charge in [-0.3, -0.25) is 9.59 Å². The Morgan fingerprint density at radius 1 is 1.09 bits per heavy atom. The van der Waals surface area contributed by atoms with Gasteiger partial charge in [0.1, 0.15) is 0 Å². The minimum Gasteiger partial charge on any atom is -0.481 e. The molecule has 1 saturated heterocycles. The fraction of sp³-hybridized carbons (Fsp3) is 0.692. The van der Waals surface area contributed by atoms with Gasteiger partial charge in [-0.1, -0.05) is 56.5 Å². The number of hydrogen-bond donors (Lipinski definition) is 2. The Hall–Kier alpha value is -2.02. The molecule has 0 aliphatic carbocycles. The number of aliphatic hydroxyl groups excluding tert-OH is 1. The van der Waals surface area contributed by atoms with Crippen molar-refractivity contribution in [2.24, 2.45) is 5.92 Å². The fourth-order valence-electron chi connectivity index (χ4n) is 4.60. The first-order valence-corrected chi connectivity index (χ1v) is 12.3. The Kier molecular flexibility index (Phi) is 11.2. The number of amides is 1. The second-order valence-electron chi connectivity index (χ2n) is 9.47. The zero-order valence-corrected chi connectivity index (χ0v) is 19.7. The highest BCUT2D eigenvalue weighted by atomic mass is 19.3. The number of carboxylic acid groups (broad SMARTS) is 1. The lowest BCUT2D eigenvalue weighted by Crippen LogP contribution is -2.37. The Bertz CT molecular complexity index is 728. The summed E-state index contributed by atoms with van der Waals surface area (Å²) in [6, 6.07) is 9.73. The van der Waals surface area contributed by atoms with Crippen LogP contribution in [0.3, 0.4) is 0 Å². The maximum atomic E-state index is 14.1. The van der Waals surface area contributed by atoms with Gasteiger partial charge < -0.3 is 15.1 Å². The molecular weight excluding hydrogens is 428 g/mol. The number of rotatable bonds is 16. The lowest BCUT2D eigenvalue weighted by atomic mass is 9.92. The van der Waals surface area contributed by atoms with Crippen molar-refractivity contribution in [1.82, 2.24) is 4.90 Å². The van der Waals surface area contributed by atoms with Gasteiger partial charge in [-0.15, -0.1) is 0 Å². The largest absolute Gasteiger partial charge is 0.481 e. The zero-order valence-electron chi connectivity index (χ0n) is 19.7. The molecule has 33 heavy (non-hydrogen) atoms. The van der Waals surface area contributed by atoms with E-state index in [9.17, 15) is 23.5 Å². The molecular formula is C26H39F2NO4. The van der Waals surface area contributed by atoms with E-state index in [1.807, 2.05) is 25.1 Å². The summed E-state index contributed by atoms with van der Waals surface area (Å²) in [4.78, 5) is 24.0. The molecule has 186 valence electrons. The van der Waals surface area contributed by atoms with Gasteiger partial charge in [0.2, 0.25) is 0 Å². The molecule has 0 unspecified atom stereocenters. The van der Waals surface area contributed by atoms with Crippen molar-refractivity contribution >= 4 is 11.9 Å². The number of likely N-dealkylation sites (tertiary alicyclic amines) is 1. The molecule has 1 aromatic carbocycles. The van der Waals surface area contributed by atoms with Gasteiger partial charge in [0.15, 0.2) is 0 Å². The van der Waals surface area contributed by atoms with Crippen LogP contribution in [-0.2, 0) is 16.0 Å². The first-order chi connectivity index (χ1) is 15.7. The van der Waals surface area contributed by atoms with Gasteiger partial charge >= 0.3 is 11.9 Å². The third-order valence-electron chi connectivity index (χ3n) is 6.72. The summed E-state index contributed by atoms with van der Waals surface area (Å²) >= 11 is 0. The first-order valence-electron chi connectivity index (χ1n) is 12.3. The van der Waals surface area contributed by atoms with Crippen molar-refractivity contribution in [2.75, 3.05) is 6.54 Å². The third kappa shape index (κ3) is 9.40. The molecule has 1 amide bonds. The average molecular weight is 468 g/mol. The Morgan fingerprint density at radius 2 is 1.79 bits per heavy atom. The monoisotopic (exact) mass is 467 g/mol. The van der Waals surface area contributed by atoms with Gasteiger partial charge in [0.05, 0.1) is 6.10 Å². The second kappa shape index (κ2) is 13.6. The van der Waals surface area contributed by atoms with Crippen molar-refractivity contribution in [3.05, 3.63) is 35.9 Å². The van der Waals surface area contributed by atoms with Crippen LogP contribution in [0.25, 0.3) is 0 Å². The summed E-state index contributed by atoms with van der Waals surface area (Å²) in [5, 5.41) is 19.2. The lowest BCUT2D eigenvalue weighted by Gasteiger charge is -2.26. The van der Waals surface area contributed by atoms with Crippen LogP contribution >= 0.6 is 0 Å². The van der Waals surface area contributed by atoms with E-state index in [1.54, 1.807) is 0 Å². The van der Waals surface area contributed by atoms with Crippen molar-refractivity contribution < 1.29 is 28.6 Å². The van der Waals surface area contributed by atoms with E-state index in [4.69, 9.17) is 5.11 Å². The summed E-state index contributed by atoms with van der Waals surface area (Å²) in [6.45, 7) is 2.26. The number of aryl methyl sites for hydroxylation is 1. The highest BCUT2D eigenvalue weighted by molar-refractivity contribution is 5.86. The average Bonchev–Trinajstić information content (AvgIpc) is 3.00. The second-order valence-corrected chi connectivity index (χ2v) is 9.47. The molecule has 0 aromatic heterocycles. The molecule has 0 saturated carbocycles. The van der Waals surface area contributed by atoms with Crippen molar-refractivity contribution in [3.8, 4) is 0 Å². The fourth-order valence-corrected chi connectivity index (χ4v) is 4.60. The number of aliphatic carboxylic acids is 1. The van der Waals surface area contributed by atoms with Crippen LogP contribution in [0.5, 0.6) is 0 Å². The maximum Gasteiger partial charge on any atom is 0.326 e. The van der Waals surface area contributed by atoms with Gasteiger partial charge in [-0.2, -0.15) is 8.78 Å². The highest BCUT2D eigenvalue weighted by Gasteiger charge is 2.52. The molecule has 2 rings (SSSR count). The third-order valence-corrected chi connectivity index (χ3v) is 6.72. The smallest absolute Gasteiger partial charge is 0.326 e. The number of carbonyl (C=O) groups excluding carboxylic acids is 1. The molecule has 0 spiro atoms. The number of alkyl halides is 2. The van der Waals surface area contributed by atoms with Crippen LogP contribution in [-0.4, -0.2) is 51.6 Å². The van der Waals surface area contributed by atoms with Crippen LogP contribution in [0, 0.1) is 5.92 Å². The predicted molar refractivity (Wildman–Crippen MR) is 124 cm³/mol. The van der Waals surface area contributed by atoms with Crippen molar-refractivity contribution in [2.45, 2.75) is 102 Å². The van der Waals surface area contributed by atoms with Gasteiger partial charge in [-0.05, 0) is 56.4 Å². The topological polar surface area (TPSA) is 77.8 Å². The predicted octanol–water partition coefficient (Wildman–Crippen LogP) is 5.45. The number of halogens is 2. The molecule has 3 atom stereocenters. The Labute approximate surface area is 196 Å². The molecule has 1 heterocycles. The number of nitrogens with zero attached hydrogens (tertiary/aromatic N) is 1. The number of carboxylic acids is 1. The molecule has 2 N–H and O–H groups in total. The molecule has 1 aliphatic rings. The van der Waals surface area contributed by atoms with Crippen LogP contribution in [0.1, 0.15) is 83.1 Å². The highest BCUT2D eigenvalue weighted by Crippen LogP contribution is 2.36. The van der Waals surface area contributed by atoms with Gasteiger partial charge in [-0.25, -0.2) is 0 Å². The van der Waals surface area contributed by atoms with E-state index in [0.29, 0.717) is 38.5 Å². The molecule has 1 aliphatic heterocycles. The lowest BCUT2D eigenvalue weighted by molar-refractivity contribution is -0.148. The van der Waals surface area contributed by atoms with Gasteiger partial charge in [0.25, 0.3) is 5.91 Å². The summed E-state index contributed by atoms with van der Waals surface area (Å²) in [5.74, 6) is -5.20. The molecule has 1 fully saturated rings. The van der Waals surface area contributed by atoms with Crippen LogP contribution in [0.15, 0.2) is 30.3 Å². The maximum absolute atomic E-state index is 14.1. The van der Waals surface area contributed by atoms with E-state index in [1.165, 1.54) is 10.5 Å². The van der Waals surface area contributed by atoms with E-state index >= 15 is 0 Å². The number of carbonyl (C=O) groups is 2. The molecule has 0 radical (unpaired) electrons. The standard InChI is InChI=1S/C26H39F2NO4/c1-20(11-8-9-14-21-12-5-4-6-13-21)23(30)17-16-22-19-26(27,28)25(33)29(22)18-10-3-2-7-15-24(31)32/h4-6,12-13,20,22-23,30H,2-3,7-11,14-19H2,1H3,(H,31,32)/t20-,22-,23+/m0/s1. The molecule has 5 nitrogen and oxygen atoms in total. The van der Waals surface area contributed by atoms with E-state index in [2.05, 4.69) is 12.1 Å².